The zero-order valence-corrected chi connectivity index (χ0v) is 18.7. The summed E-state index contributed by atoms with van der Waals surface area (Å²) in [5.41, 5.74) is 10.8. The van der Waals surface area contributed by atoms with Gasteiger partial charge in [0.1, 0.15) is 12.3 Å². The van der Waals surface area contributed by atoms with Crippen LogP contribution in [0.1, 0.15) is 36.1 Å². The van der Waals surface area contributed by atoms with E-state index in [9.17, 15) is 13.2 Å². The molecule has 0 atom stereocenters. The molecule has 6 nitrogen and oxygen atoms in total. The first-order valence-corrected chi connectivity index (χ1v) is 10.6. The Morgan fingerprint density at radius 2 is 2.09 bits per heavy atom. The lowest BCUT2D eigenvalue weighted by atomic mass is 9.73. The number of nitrogens with zero attached hydrogens (tertiary/aromatic N) is 4. The highest BCUT2D eigenvalue weighted by atomic mass is 31.0. The van der Waals surface area contributed by atoms with Gasteiger partial charge in [-0.1, -0.05) is 8.86 Å². The molecule has 2 aromatic heterocycles. The first-order chi connectivity index (χ1) is 15.2. The number of alkyl halides is 3. The largest absolute Gasteiger partial charge is 0.495 e. The van der Waals surface area contributed by atoms with Crippen LogP contribution < -0.4 is 10.5 Å². The van der Waals surface area contributed by atoms with Crippen molar-refractivity contribution in [3.05, 3.63) is 53.2 Å². The van der Waals surface area contributed by atoms with Gasteiger partial charge in [0.15, 0.2) is 0 Å². The van der Waals surface area contributed by atoms with Crippen molar-refractivity contribution < 1.29 is 17.9 Å². The molecule has 4 rings (SSSR count). The van der Waals surface area contributed by atoms with Gasteiger partial charge in [-0.15, -0.1) is 0 Å². The van der Waals surface area contributed by atoms with Crippen molar-refractivity contribution in [3.8, 4) is 17.0 Å². The van der Waals surface area contributed by atoms with E-state index in [-0.39, 0.29) is 0 Å². The second-order valence-electron chi connectivity index (χ2n) is 7.91. The number of ether oxygens (including phenoxy) is 1. The highest BCUT2D eigenvalue weighted by Crippen LogP contribution is 2.54. The zero-order valence-electron chi connectivity index (χ0n) is 17.7. The number of methoxy groups -OCH3 is 1. The van der Waals surface area contributed by atoms with E-state index >= 15 is 0 Å². The van der Waals surface area contributed by atoms with Gasteiger partial charge in [0.25, 0.3) is 0 Å². The van der Waals surface area contributed by atoms with Crippen molar-refractivity contribution in [1.29, 1.82) is 0 Å². The average molecular weight is 461 g/mol. The Morgan fingerprint density at radius 1 is 1.34 bits per heavy atom. The van der Waals surface area contributed by atoms with Crippen molar-refractivity contribution in [2.24, 2.45) is 10.7 Å². The minimum Gasteiger partial charge on any atom is -0.495 e. The molecule has 2 aliphatic rings. The number of aromatic nitrogens is 2. The number of aliphatic imine (C=N–C) groups is 1. The Bertz CT molecular complexity index is 1130. The van der Waals surface area contributed by atoms with Crippen LogP contribution in [0.5, 0.6) is 5.75 Å². The monoisotopic (exact) mass is 461 g/mol. The fraction of sp³-hybridized carbons (Fsp3) is 0.364. The third kappa shape index (κ3) is 3.75. The normalized spacial score (nSPS) is 17.7. The molecule has 2 N–H and O–H groups in total. The van der Waals surface area contributed by atoms with Crippen molar-refractivity contribution in [2.45, 2.75) is 37.9 Å². The number of nitrogens with two attached hydrogens (primary N) is 1. The summed E-state index contributed by atoms with van der Waals surface area (Å²) in [6, 6.07) is 3.84. The van der Waals surface area contributed by atoms with Gasteiger partial charge in [0.05, 0.1) is 41.3 Å². The summed E-state index contributed by atoms with van der Waals surface area (Å²) >= 11 is 0. The van der Waals surface area contributed by atoms with Gasteiger partial charge in [-0.25, -0.2) is 4.98 Å². The van der Waals surface area contributed by atoms with E-state index in [1.54, 1.807) is 19.5 Å². The maximum Gasteiger partial charge on any atom is 0.407 e. The molecule has 1 spiro atoms. The standard InChI is InChI=1S/C22H23F3N5OP/c1-13-6-17(14-7-16(31-2)11-27-9-14)29-19-18(13)20(32)30(21(19)4-3-5-21)15(8-26)10-28-12-22(23,24)25/h6-11,32H,3-5,12,26H2,1-2H3. The van der Waals surface area contributed by atoms with Gasteiger partial charge in [-0.05, 0) is 43.9 Å². The molecule has 1 aliphatic carbocycles. The summed E-state index contributed by atoms with van der Waals surface area (Å²) in [7, 11) is 5.31. The SMILES string of the molecule is COc1cncc(-c2cc(C)c3c(n2)C2(CCC2)N(C(C=NCC(F)(F)F)=CN)C3=P)c1. The molecule has 1 fully saturated rings. The molecule has 3 heterocycles. The first-order valence-electron chi connectivity index (χ1n) is 10.1. The molecule has 0 radical (unpaired) electrons. The maximum atomic E-state index is 12.6. The number of hydrogen-bond acceptors (Lipinski definition) is 5. The topological polar surface area (TPSA) is 76.6 Å². The zero-order chi connectivity index (χ0) is 23.1. The lowest BCUT2D eigenvalue weighted by Gasteiger charge is -2.46. The predicted molar refractivity (Wildman–Crippen MR) is 120 cm³/mol. The number of pyridine rings is 2. The molecule has 1 saturated carbocycles. The van der Waals surface area contributed by atoms with Gasteiger partial charge in [-0.2, -0.15) is 13.2 Å². The molecule has 0 amide bonds. The van der Waals surface area contributed by atoms with Crippen LogP contribution in [0, 0.1) is 6.92 Å². The Labute approximate surface area is 186 Å². The smallest absolute Gasteiger partial charge is 0.407 e. The third-order valence-corrected chi connectivity index (χ3v) is 6.37. The Kier molecular flexibility index (Phi) is 5.71. The third-order valence-electron chi connectivity index (χ3n) is 5.89. The summed E-state index contributed by atoms with van der Waals surface area (Å²) in [4.78, 5) is 14.7. The van der Waals surface area contributed by atoms with Crippen molar-refractivity contribution >= 4 is 20.5 Å². The Morgan fingerprint density at radius 3 is 2.69 bits per heavy atom. The number of allylic oxidation sites excluding steroid dienone is 1. The molecule has 0 saturated heterocycles. The van der Waals surface area contributed by atoms with Crippen LogP contribution in [-0.4, -0.2) is 46.3 Å². The number of halogens is 3. The summed E-state index contributed by atoms with van der Waals surface area (Å²) in [5.74, 6) is 0.629. The number of rotatable bonds is 5. The summed E-state index contributed by atoms with van der Waals surface area (Å²) in [6.07, 6.45) is 4.01. The Balaban J connectivity index is 1.78. The van der Waals surface area contributed by atoms with Gasteiger partial charge < -0.3 is 15.4 Å². The van der Waals surface area contributed by atoms with Crippen molar-refractivity contribution in [2.75, 3.05) is 13.7 Å². The van der Waals surface area contributed by atoms with Crippen LogP contribution in [0.15, 0.2) is 41.4 Å². The van der Waals surface area contributed by atoms with E-state index in [4.69, 9.17) is 15.5 Å². The van der Waals surface area contributed by atoms with Crippen LogP contribution in [0.3, 0.4) is 0 Å². The van der Waals surface area contributed by atoms with Gasteiger partial charge >= 0.3 is 6.18 Å². The highest BCUT2D eigenvalue weighted by Gasteiger charge is 2.54. The summed E-state index contributed by atoms with van der Waals surface area (Å²) < 4.78 is 43.1. The van der Waals surface area contributed by atoms with Crippen LogP contribution in [0.25, 0.3) is 11.3 Å². The van der Waals surface area contributed by atoms with E-state index in [2.05, 4.69) is 18.8 Å². The van der Waals surface area contributed by atoms with E-state index in [1.807, 2.05) is 24.0 Å². The summed E-state index contributed by atoms with van der Waals surface area (Å²) in [5, 5.41) is 0. The first kappa shape index (κ1) is 22.3. The molecule has 2 aromatic rings. The van der Waals surface area contributed by atoms with Crippen LogP contribution in [0.4, 0.5) is 13.2 Å². The molecule has 10 heteroatoms. The fourth-order valence-electron chi connectivity index (χ4n) is 4.32. The molecule has 1 aliphatic heterocycles. The molecule has 32 heavy (non-hydrogen) atoms. The van der Waals surface area contributed by atoms with Gasteiger partial charge in [0, 0.05) is 29.7 Å². The van der Waals surface area contributed by atoms with E-state index < -0.39 is 18.3 Å². The molecule has 0 bridgehead atoms. The van der Waals surface area contributed by atoms with E-state index in [1.165, 1.54) is 12.4 Å². The molecule has 168 valence electrons. The number of fused-ring (bicyclic) bond motifs is 2. The fourth-order valence-corrected chi connectivity index (χ4v) is 4.98. The predicted octanol–water partition coefficient (Wildman–Crippen LogP) is 4.21. The average Bonchev–Trinajstić information content (AvgIpc) is 2.99. The second kappa shape index (κ2) is 8.20. The van der Waals surface area contributed by atoms with Crippen LogP contribution >= 0.6 is 8.86 Å². The van der Waals surface area contributed by atoms with Gasteiger partial charge in [-0.3, -0.25) is 9.98 Å². The quantitative estimate of drug-likeness (QED) is 0.533. The highest BCUT2D eigenvalue weighted by molar-refractivity contribution is 7.22. The lowest BCUT2D eigenvalue weighted by molar-refractivity contribution is -0.118. The van der Waals surface area contributed by atoms with Crippen molar-refractivity contribution in [3.63, 3.8) is 0 Å². The van der Waals surface area contributed by atoms with Crippen LogP contribution in [-0.2, 0) is 5.54 Å². The van der Waals surface area contributed by atoms with Crippen LogP contribution in [0.2, 0.25) is 0 Å². The molecular formula is C22H23F3N5OP. The molecular weight excluding hydrogens is 438 g/mol. The second-order valence-corrected chi connectivity index (χ2v) is 8.38. The van der Waals surface area contributed by atoms with Crippen molar-refractivity contribution in [1.82, 2.24) is 14.9 Å². The minimum absolute atomic E-state index is 0.390. The van der Waals surface area contributed by atoms with E-state index in [0.717, 1.165) is 52.8 Å². The minimum atomic E-state index is -4.38. The van der Waals surface area contributed by atoms with E-state index in [0.29, 0.717) is 11.4 Å². The lowest BCUT2D eigenvalue weighted by Crippen LogP contribution is -2.48. The van der Waals surface area contributed by atoms with Gasteiger partial charge in [0.2, 0.25) is 0 Å². The summed E-state index contributed by atoms with van der Waals surface area (Å²) in [6.45, 7) is 0.719. The molecule has 0 aromatic carbocycles. The number of hydrogen-bond donors (Lipinski definition) is 1. The number of aryl methyl sites for hydroxylation is 1. The Hall–Kier alpha value is -2.93. The maximum absolute atomic E-state index is 12.6. The molecule has 0 unspecified atom stereocenters.